The first-order chi connectivity index (χ1) is 16.1. The molecule has 5 heteroatoms. The predicted octanol–water partition coefficient (Wildman–Crippen LogP) is 7.94. The lowest BCUT2D eigenvalue weighted by Crippen LogP contribution is -2.47. The van der Waals surface area contributed by atoms with Gasteiger partial charge in [0.2, 0.25) is 0 Å². The van der Waals surface area contributed by atoms with Crippen LogP contribution in [0.2, 0.25) is 18.1 Å². The standard InChI is InChI=1S/C29H56O4Si/c1-8-10-11-12-13-14-15-16-18-28(33-34(6,7)29(3,4)5)27-22-21-26(32-27)25-20-19-24(31-25)23(30)17-9-2/h9,23-28,30H,2,8,10-22H2,1,3-7H3/t23-,24-,25-,26-,27-,28-/m1/s1. The largest absolute Gasteiger partial charge is 0.411 e. The summed E-state index contributed by atoms with van der Waals surface area (Å²) in [6, 6.07) is 0. The van der Waals surface area contributed by atoms with E-state index in [1.54, 1.807) is 6.08 Å². The van der Waals surface area contributed by atoms with E-state index in [4.69, 9.17) is 13.9 Å². The number of unbranched alkanes of at least 4 members (excludes halogenated alkanes) is 7. The molecular formula is C29H56O4Si. The molecule has 0 unspecified atom stereocenters. The minimum Gasteiger partial charge on any atom is -0.411 e. The molecule has 34 heavy (non-hydrogen) atoms. The van der Waals surface area contributed by atoms with E-state index in [1.165, 1.54) is 51.4 Å². The lowest BCUT2D eigenvalue weighted by atomic mass is 10.0. The third kappa shape index (κ3) is 9.35. The number of aliphatic hydroxyl groups excluding tert-OH is 1. The molecule has 2 fully saturated rings. The highest BCUT2D eigenvalue weighted by Crippen LogP contribution is 2.41. The van der Waals surface area contributed by atoms with Crippen LogP contribution in [0.5, 0.6) is 0 Å². The van der Waals surface area contributed by atoms with Crippen LogP contribution in [0.3, 0.4) is 0 Å². The Hall–Kier alpha value is -0.203. The van der Waals surface area contributed by atoms with Crippen molar-refractivity contribution in [3.05, 3.63) is 12.7 Å². The van der Waals surface area contributed by atoms with Crippen LogP contribution in [0, 0.1) is 0 Å². The summed E-state index contributed by atoms with van der Waals surface area (Å²) in [7, 11) is -1.87. The summed E-state index contributed by atoms with van der Waals surface area (Å²) in [5.74, 6) is 0. The lowest BCUT2D eigenvalue weighted by molar-refractivity contribution is -0.107. The molecule has 0 aliphatic carbocycles. The maximum Gasteiger partial charge on any atom is 0.192 e. The highest BCUT2D eigenvalue weighted by atomic mass is 28.4. The maximum absolute atomic E-state index is 10.3. The van der Waals surface area contributed by atoms with Crippen molar-refractivity contribution in [3.8, 4) is 0 Å². The van der Waals surface area contributed by atoms with Crippen LogP contribution in [0.25, 0.3) is 0 Å². The van der Waals surface area contributed by atoms with Gasteiger partial charge in [-0.15, -0.1) is 6.58 Å². The predicted molar refractivity (Wildman–Crippen MR) is 146 cm³/mol. The van der Waals surface area contributed by atoms with Gasteiger partial charge in [-0.05, 0) is 56.7 Å². The van der Waals surface area contributed by atoms with E-state index in [2.05, 4.69) is 47.4 Å². The van der Waals surface area contributed by atoms with Gasteiger partial charge in [0.1, 0.15) is 0 Å². The summed E-state index contributed by atoms with van der Waals surface area (Å²) in [6.07, 6.45) is 18.2. The molecule has 2 saturated heterocycles. The Morgan fingerprint density at radius 2 is 1.44 bits per heavy atom. The first-order valence-corrected chi connectivity index (χ1v) is 17.3. The Kier molecular flexibility index (Phi) is 12.8. The lowest BCUT2D eigenvalue weighted by Gasteiger charge is -2.41. The average Bonchev–Trinajstić information content (AvgIpc) is 3.44. The van der Waals surface area contributed by atoms with Gasteiger partial charge in [0.25, 0.3) is 0 Å². The zero-order chi connectivity index (χ0) is 25.2. The van der Waals surface area contributed by atoms with Gasteiger partial charge in [0.05, 0.1) is 36.6 Å². The monoisotopic (exact) mass is 496 g/mol. The van der Waals surface area contributed by atoms with Gasteiger partial charge in [0.15, 0.2) is 8.32 Å². The highest BCUT2D eigenvalue weighted by Gasteiger charge is 2.44. The molecule has 2 rings (SSSR count). The molecule has 4 nitrogen and oxygen atoms in total. The van der Waals surface area contributed by atoms with E-state index >= 15 is 0 Å². The van der Waals surface area contributed by atoms with Crippen LogP contribution in [0.15, 0.2) is 12.7 Å². The SMILES string of the molecule is C=CC[C@@H](O)[C@H]1CC[C@H]([C@H]2CC[C@H]([C@@H](CCCCCCCCCC)O[Si](C)(C)C(C)(C)C)O2)O1. The summed E-state index contributed by atoms with van der Waals surface area (Å²) in [4.78, 5) is 0. The molecule has 2 aliphatic rings. The molecule has 0 radical (unpaired) electrons. The fourth-order valence-corrected chi connectivity index (χ4v) is 6.54. The molecule has 0 aromatic carbocycles. The Balaban J connectivity index is 1.88. The van der Waals surface area contributed by atoms with Crippen molar-refractivity contribution in [2.75, 3.05) is 0 Å². The molecule has 1 N–H and O–H groups in total. The summed E-state index contributed by atoms with van der Waals surface area (Å²) in [5.41, 5.74) is 0. The summed E-state index contributed by atoms with van der Waals surface area (Å²) in [5, 5.41) is 10.5. The van der Waals surface area contributed by atoms with Gasteiger partial charge >= 0.3 is 0 Å². The van der Waals surface area contributed by atoms with Gasteiger partial charge in [0, 0.05) is 0 Å². The van der Waals surface area contributed by atoms with Crippen LogP contribution in [0.1, 0.15) is 118 Å². The van der Waals surface area contributed by atoms with Crippen molar-refractivity contribution in [2.45, 2.75) is 172 Å². The molecule has 0 amide bonds. The topological polar surface area (TPSA) is 47.9 Å². The first-order valence-electron chi connectivity index (χ1n) is 14.4. The molecule has 0 aromatic heterocycles. The molecular weight excluding hydrogens is 440 g/mol. The molecule has 0 bridgehead atoms. The number of ether oxygens (including phenoxy) is 2. The molecule has 200 valence electrons. The fourth-order valence-electron chi connectivity index (χ4n) is 5.16. The summed E-state index contributed by atoms with van der Waals surface area (Å²) >= 11 is 0. The third-order valence-corrected chi connectivity index (χ3v) is 12.9. The average molecular weight is 497 g/mol. The number of hydrogen-bond acceptors (Lipinski definition) is 4. The number of hydrogen-bond donors (Lipinski definition) is 1. The Morgan fingerprint density at radius 3 is 2.00 bits per heavy atom. The second kappa shape index (κ2) is 14.5. The van der Waals surface area contributed by atoms with E-state index < -0.39 is 14.4 Å². The molecule has 2 heterocycles. The Bertz CT molecular complexity index is 573. The van der Waals surface area contributed by atoms with Gasteiger partial charge in [-0.3, -0.25) is 0 Å². The van der Waals surface area contributed by atoms with Gasteiger partial charge in [-0.2, -0.15) is 0 Å². The second-order valence-corrected chi connectivity index (χ2v) is 17.1. The van der Waals surface area contributed by atoms with E-state index in [9.17, 15) is 5.11 Å². The maximum atomic E-state index is 10.3. The van der Waals surface area contributed by atoms with Gasteiger partial charge in [-0.25, -0.2) is 0 Å². The number of rotatable bonds is 16. The molecule has 2 aliphatic heterocycles. The zero-order valence-corrected chi connectivity index (χ0v) is 24.3. The van der Waals surface area contributed by atoms with Gasteiger partial charge < -0.3 is 19.0 Å². The van der Waals surface area contributed by atoms with E-state index in [1.807, 2.05) is 0 Å². The van der Waals surface area contributed by atoms with Crippen molar-refractivity contribution < 1.29 is 19.0 Å². The van der Waals surface area contributed by atoms with Crippen LogP contribution in [-0.4, -0.2) is 50.0 Å². The van der Waals surface area contributed by atoms with Crippen molar-refractivity contribution in [1.82, 2.24) is 0 Å². The van der Waals surface area contributed by atoms with E-state index in [0.29, 0.717) is 6.42 Å². The molecule has 0 spiro atoms. The van der Waals surface area contributed by atoms with E-state index in [-0.39, 0.29) is 35.6 Å². The van der Waals surface area contributed by atoms with Crippen molar-refractivity contribution >= 4 is 8.32 Å². The Morgan fingerprint density at radius 1 is 0.912 bits per heavy atom. The summed E-state index contributed by atoms with van der Waals surface area (Å²) < 4.78 is 19.9. The molecule has 0 aromatic rings. The third-order valence-electron chi connectivity index (χ3n) is 8.43. The second-order valence-electron chi connectivity index (χ2n) is 12.4. The number of aliphatic hydroxyl groups is 1. The van der Waals surface area contributed by atoms with Crippen molar-refractivity contribution in [3.63, 3.8) is 0 Å². The first kappa shape index (κ1) is 30.0. The summed E-state index contributed by atoms with van der Waals surface area (Å²) in [6.45, 7) is 17.7. The normalized spacial score (nSPS) is 27.7. The Labute approximate surface area is 212 Å². The fraction of sp³-hybridized carbons (Fsp3) is 0.931. The molecule has 6 atom stereocenters. The zero-order valence-electron chi connectivity index (χ0n) is 23.3. The smallest absolute Gasteiger partial charge is 0.192 e. The quantitative estimate of drug-likeness (QED) is 0.134. The van der Waals surface area contributed by atoms with E-state index in [0.717, 1.165) is 32.1 Å². The van der Waals surface area contributed by atoms with Gasteiger partial charge in [-0.1, -0.05) is 85.1 Å². The van der Waals surface area contributed by atoms with Crippen LogP contribution in [-0.2, 0) is 13.9 Å². The minimum absolute atomic E-state index is 0.0812. The van der Waals surface area contributed by atoms with Crippen LogP contribution >= 0.6 is 0 Å². The van der Waals surface area contributed by atoms with Crippen molar-refractivity contribution in [1.29, 1.82) is 0 Å². The van der Waals surface area contributed by atoms with Crippen LogP contribution < -0.4 is 0 Å². The minimum atomic E-state index is -1.87. The molecule has 0 saturated carbocycles. The van der Waals surface area contributed by atoms with Crippen LogP contribution in [0.4, 0.5) is 0 Å². The highest BCUT2D eigenvalue weighted by molar-refractivity contribution is 6.74. The van der Waals surface area contributed by atoms with Crippen molar-refractivity contribution in [2.24, 2.45) is 0 Å².